The minimum atomic E-state index is 1.22. The lowest BCUT2D eigenvalue weighted by Gasteiger charge is -2.15. The molecule has 68 heavy (non-hydrogen) atoms. The molecule has 12 aromatic carbocycles. The van der Waals surface area contributed by atoms with Crippen molar-refractivity contribution in [2.75, 3.05) is 0 Å². The number of hydrogen-bond acceptors (Lipinski definition) is 2. The van der Waals surface area contributed by atoms with Gasteiger partial charge in [-0.05, 0) is 158 Å². The van der Waals surface area contributed by atoms with Crippen LogP contribution in [0.5, 0.6) is 0 Å². The summed E-state index contributed by atoms with van der Waals surface area (Å²) in [4.78, 5) is 0. The third-order valence-corrected chi connectivity index (χ3v) is 16.5. The molecule has 0 bridgehead atoms. The van der Waals surface area contributed by atoms with Crippen LogP contribution in [0.15, 0.2) is 243 Å². The van der Waals surface area contributed by atoms with E-state index < -0.39 is 0 Å². The summed E-state index contributed by atoms with van der Waals surface area (Å²) in [5.74, 6) is 0. The Bertz CT molecular complexity index is 4050. The van der Waals surface area contributed by atoms with Gasteiger partial charge in [-0.1, -0.05) is 194 Å². The van der Waals surface area contributed by atoms with Gasteiger partial charge in [-0.15, -0.1) is 22.7 Å². The summed E-state index contributed by atoms with van der Waals surface area (Å²) in [6.07, 6.45) is 0. The van der Waals surface area contributed by atoms with Gasteiger partial charge in [0.05, 0.1) is 9.40 Å². The highest BCUT2D eigenvalue weighted by atomic mass is 32.1. The quantitative estimate of drug-likeness (QED) is 0.156. The number of benzene rings is 12. The molecule has 2 heterocycles. The summed E-state index contributed by atoms with van der Waals surface area (Å²) in [6.45, 7) is 0. The molecule has 0 N–H and O–H groups in total. The van der Waals surface area contributed by atoms with E-state index in [0.717, 1.165) is 0 Å². The highest BCUT2D eigenvalue weighted by molar-refractivity contribution is 7.36. The van der Waals surface area contributed by atoms with Crippen LogP contribution in [-0.4, -0.2) is 0 Å². The molecule has 0 aliphatic rings. The molecule has 0 unspecified atom stereocenters. The van der Waals surface area contributed by atoms with E-state index in [4.69, 9.17) is 0 Å². The molecule has 14 aromatic rings. The summed E-state index contributed by atoms with van der Waals surface area (Å²) >= 11 is 3.85. The van der Waals surface area contributed by atoms with Crippen LogP contribution in [0, 0.1) is 0 Å². The summed E-state index contributed by atoms with van der Waals surface area (Å²) < 4.78 is 5.39. The third-order valence-electron chi connectivity index (χ3n) is 14.0. The predicted molar refractivity (Wildman–Crippen MR) is 297 cm³/mol. The van der Waals surface area contributed by atoms with Crippen LogP contribution in [0.1, 0.15) is 0 Å². The second-order valence-electron chi connectivity index (χ2n) is 18.1. The van der Waals surface area contributed by atoms with Gasteiger partial charge in [-0.25, -0.2) is 0 Å². The lowest BCUT2D eigenvalue weighted by molar-refractivity contribution is 1.59. The van der Waals surface area contributed by atoms with Gasteiger partial charge in [0.25, 0.3) is 0 Å². The Kier molecular flexibility index (Phi) is 9.05. The zero-order chi connectivity index (χ0) is 44.7. The molecule has 316 valence electrons. The maximum absolute atomic E-state index is 2.41. The van der Waals surface area contributed by atoms with Gasteiger partial charge in [-0.2, -0.15) is 0 Å². The molecule has 0 atom stereocenters. The standard InChI is InChI=1S/C66H40S2/c1-5-13-45-33-53(21-17-41(45)9-1)57-29-25-49(37-61(57)55-23-19-43-11-3-7-15-47(43)35-55)51-27-31-59-63(39-51)67-66-60-32-28-52(40-64(60)68-65(59)66)50-26-30-58(54-22-18-42-10-2-6-14-46(42)34-54)62(38-50)56-24-20-44-12-4-8-16-48(44)36-56/h1-40H. The van der Waals surface area contributed by atoms with Crippen LogP contribution in [0.2, 0.25) is 0 Å². The van der Waals surface area contributed by atoms with E-state index >= 15 is 0 Å². The Labute approximate surface area is 402 Å². The summed E-state index contributed by atoms with van der Waals surface area (Å²) in [7, 11) is 0. The third kappa shape index (κ3) is 6.64. The molecular weight excluding hydrogens is 857 g/mol. The van der Waals surface area contributed by atoms with E-state index in [2.05, 4.69) is 243 Å². The molecule has 0 radical (unpaired) electrons. The first-order valence-electron chi connectivity index (χ1n) is 23.3. The Morgan fingerprint density at radius 3 is 0.824 bits per heavy atom. The van der Waals surface area contributed by atoms with Crippen LogP contribution in [0.3, 0.4) is 0 Å². The average Bonchev–Trinajstić information content (AvgIpc) is 3.95. The summed E-state index contributed by atoms with van der Waals surface area (Å²) in [5.41, 5.74) is 14.8. The van der Waals surface area contributed by atoms with Gasteiger partial charge in [0.1, 0.15) is 0 Å². The van der Waals surface area contributed by atoms with Crippen LogP contribution in [0.25, 0.3) is 139 Å². The van der Waals surface area contributed by atoms with Crippen LogP contribution < -0.4 is 0 Å². The lowest BCUT2D eigenvalue weighted by Crippen LogP contribution is -1.89. The van der Waals surface area contributed by atoms with Gasteiger partial charge in [0, 0.05) is 20.2 Å². The van der Waals surface area contributed by atoms with E-state index in [-0.39, 0.29) is 0 Å². The normalized spacial score (nSPS) is 11.8. The topological polar surface area (TPSA) is 0 Å². The number of hydrogen-bond donors (Lipinski definition) is 0. The summed E-state index contributed by atoms with van der Waals surface area (Å²) in [5, 5.41) is 12.7. The molecule has 2 heteroatoms. The Hall–Kier alpha value is -8.14. The molecule has 0 saturated heterocycles. The molecule has 0 spiro atoms. The van der Waals surface area contributed by atoms with Gasteiger partial charge in [0.15, 0.2) is 0 Å². The molecule has 0 aliphatic heterocycles. The van der Waals surface area contributed by atoms with Crippen molar-refractivity contribution < 1.29 is 0 Å². The average molecular weight is 897 g/mol. The second-order valence-corrected chi connectivity index (χ2v) is 20.2. The van der Waals surface area contributed by atoms with E-state index in [1.54, 1.807) is 0 Å². The molecule has 0 fully saturated rings. The first-order chi connectivity index (χ1) is 33.6. The number of fused-ring (bicyclic) bond motifs is 9. The Balaban J connectivity index is 0.846. The van der Waals surface area contributed by atoms with Crippen LogP contribution in [-0.2, 0) is 0 Å². The first-order valence-corrected chi connectivity index (χ1v) is 24.9. The second kappa shape index (κ2) is 15.7. The highest BCUT2D eigenvalue weighted by Gasteiger charge is 2.18. The molecule has 0 saturated carbocycles. The number of rotatable bonds is 6. The smallest absolute Gasteiger partial charge is 0.0542 e. The van der Waals surface area contributed by atoms with Crippen molar-refractivity contribution in [3.63, 3.8) is 0 Å². The van der Waals surface area contributed by atoms with Crippen molar-refractivity contribution in [3.05, 3.63) is 243 Å². The maximum Gasteiger partial charge on any atom is 0.0542 e. The van der Waals surface area contributed by atoms with E-state index in [0.29, 0.717) is 0 Å². The maximum atomic E-state index is 2.41. The van der Waals surface area contributed by atoms with Crippen molar-refractivity contribution in [2.45, 2.75) is 0 Å². The Morgan fingerprint density at radius 2 is 0.471 bits per heavy atom. The predicted octanol–water partition coefficient (Wildman–Crippen LogP) is 19.9. The van der Waals surface area contributed by atoms with Gasteiger partial charge in [0.2, 0.25) is 0 Å². The molecule has 14 rings (SSSR count). The minimum Gasteiger partial charge on any atom is -0.134 e. The zero-order valence-electron chi connectivity index (χ0n) is 36.9. The van der Waals surface area contributed by atoms with E-state index in [1.165, 1.54) is 139 Å². The van der Waals surface area contributed by atoms with E-state index in [1.807, 2.05) is 22.7 Å². The van der Waals surface area contributed by atoms with Crippen molar-refractivity contribution in [2.24, 2.45) is 0 Å². The lowest BCUT2D eigenvalue weighted by atomic mass is 9.89. The fourth-order valence-electron chi connectivity index (χ4n) is 10.5. The van der Waals surface area contributed by atoms with Gasteiger partial charge >= 0.3 is 0 Å². The molecular formula is C66H40S2. The first kappa shape index (κ1) is 39.1. The molecule has 0 amide bonds. The van der Waals surface area contributed by atoms with Gasteiger partial charge in [-0.3, -0.25) is 0 Å². The molecule has 0 aliphatic carbocycles. The molecule has 0 nitrogen and oxygen atoms in total. The number of thiophene rings is 2. The van der Waals surface area contributed by atoms with Crippen molar-refractivity contribution in [3.8, 4) is 66.8 Å². The zero-order valence-corrected chi connectivity index (χ0v) is 38.5. The van der Waals surface area contributed by atoms with Crippen LogP contribution in [0.4, 0.5) is 0 Å². The fourth-order valence-corrected chi connectivity index (χ4v) is 13.2. The highest BCUT2D eigenvalue weighted by Crippen LogP contribution is 2.47. The fraction of sp³-hybridized carbons (Fsp3) is 0. The van der Waals surface area contributed by atoms with Crippen molar-refractivity contribution in [1.82, 2.24) is 0 Å². The SMILES string of the molecule is c1ccc2cc(-c3ccc(-c4ccc5c(c4)sc4c6ccc(-c7ccc(-c8ccc9ccccc9c8)c(-c8ccc9ccccc9c8)c7)cc6sc54)cc3-c3ccc4ccccc4c3)ccc2c1. The Morgan fingerprint density at radius 1 is 0.191 bits per heavy atom. The van der Waals surface area contributed by atoms with Crippen LogP contribution >= 0.6 is 22.7 Å². The summed E-state index contributed by atoms with van der Waals surface area (Å²) in [6, 6.07) is 90.3. The van der Waals surface area contributed by atoms with Gasteiger partial charge < -0.3 is 0 Å². The minimum absolute atomic E-state index is 1.22. The largest absolute Gasteiger partial charge is 0.134 e. The van der Waals surface area contributed by atoms with Crippen molar-refractivity contribution in [1.29, 1.82) is 0 Å². The van der Waals surface area contributed by atoms with Crippen molar-refractivity contribution >= 4 is 95.3 Å². The monoisotopic (exact) mass is 896 g/mol. The molecule has 2 aromatic heterocycles. The van der Waals surface area contributed by atoms with E-state index in [9.17, 15) is 0 Å².